The Morgan fingerprint density at radius 3 is 0.479 bits per heavy atom. The number of hydrogen-bond donors (Lipinski definition) is 0. The lowest BCUT2D eigenvalue weighted by Gasteiger charge is -2.42. The summed E-state index contributed by atoms with van der Waals surface area (Å²) in [5, 5.41) is 0. The lowest BCUT2D eigenvalue weighted by atomic mass is 9.64. The number of nitrogens with zero attached hydrogens (tertiary/aromatic N) is 4. The minimum atomic E-state index is -1.04. The number of hydrogen-bond acceptors (Lipinski definition) is 8. The summed E-state index contributed by atoms with van der Waals surface area (Å²) in [4.78, 5) is 67.9. The van der Waals surface area contributed by atoms with Crippen LogP contribution in [0.1, 0.15) is 316 Å². The van der Waals surface area contributed by atoms with E-state index in [0.29, 0.717) is 23.0 Å². The number of benzene rings is 4. The largest absolute Gasteiger partial charge is 0.483 e. The standard InChI is InChI=1S/C84H132N4O8/c1-49(2)85(50(3)4)69(89)45-93-73-61-37-57(77(17,18)19)38-62(73)82(31,32)64-40-59(79(23,24)25)42-66(75(64)95-47-71(91)87(53(9)10)54(11)12)84(35,36)68-44-60(80(26,27)28)43-67(76(68)96-48-72(92)88(55(13)14)56(15)16)83(33,34)65-41-58(78(20,21)22)39-63(81(61,29)30)74(65)94-46-70(90)86(51(5)6)52(7)8/h37-44,49-56H,45-48H2,1-36H3. The van der Waals surface area contributed by atoms with E-state index in [2.05, 4.69) is 187 Å². The van der Waals surface area contributed by atoms with Gasteiger partial charge in [-0.2, -0.15) is 0 Å². The first-order chi connectivity index (χ1) is 43.5. The number of carbonyl (C=O) groups excluding carboxylic acids is 4. The van der Waals surface area contributed by atoms with Gasteiger partial charge in [-0.3, -0.25) is 19.2 Å². The van der Waals surface area contributed by atoms with Gasteiger partial charge in [0, 0.05) is 115 Å². The molecule has 8 bridgehead atoms. The molecule has 1 aliphatic carbocycles. The molecule has 4 aromatic carbocycles. The summed E-state index contributed by atoms with van der Waals surface area (Å²) in [7, 11) is 0. The lowest BCUT2D eigenvalue weighted by Crippen LogP contribution is -2.45. The molecular weight excluding hydrogens is 1190 g/mol. The highest BCUT2D eigenvalue weighted by Gasteiger charge is 2.46. The molecule has 96 heavy (non-hydrogen) atoms. The Balaban J connectivity index is 2.35. The predicted octanol–water partition coefficient (Wildman–Crippen LogP) is 18.6. The molecular formula is C84H132N4O8. The molecule has 1 aliphatic rings. The second kappa shape index (κ2) is 29.0. The quantitative estimate of drug-likeness (QED) is 0.0859. The molecule has 0 saturated heterocycles. The van der Waals surface area contributed by atoms with Crippen LogP contribution in [0.15, 0.2) is 48.5 Å². The third-order valence-electron chi connectivity index (χ3n) is 20.2. The van der Waals surface area contributed by atoms with Crippen molar-refractivity contribution in [2.75, 3.05) is 26.4 Å². The molecule has 12 heteroatoms. The summed E-state index contributed by atoms with van der Waals surface area (Å²) < 4.78 is 30.0. The van der Waals surface area contributed by atoms with Crippen molar-refractivity contribution >= 4 is 23.6 Å². The third kappa shape index (κ3) is 17.0. The topological polar surface area (TPSA) is 118 Å². The lowest BCUT2D eigenvalue weighted by molar-refractivity contribution is -0.137. The van der Waals surface area contributed by atoms with E-state index < -0.39 is 43.3 Å². The fraction of sp³-hybridized carbons (Fsp3) is 0.667. The highest BCUT2D eigenvalue weighted by molar-refractivity contribution is 5.81. The SMILES string of the molecule is CC(C)N(C(=O)COc1c2cc(C(C)(C)C)cc1C(C)(C)c1cc(C(C)(C)C)cc(c1OCC(=O)N(C(C)C)C(C)C)C(C)(C)c1cc(C(C)(C)C)cc(c1OCC(=O)N(C(C)C)C(C)C)C(C)(C)c1cc(C(C)(C)C)cc(c1OCC(=O)N(C(C)C)C(C)C)C2(C)C)C(C)C. The first-order valence-electron chi connectivity index (χ1n) is 36.0. The first kappa shape index (κ1) is 80.6. The van der Waals surface area contributed by atoms with Crippen molar-refractivity contribution in [1.29, 1.82) is 0 Å². The summed E-state index contributed by atoms with van der Waals surface area (Å²) in [6, 6.07) is 17.4. The Hall–Kier alpha value is -6.04. The van der Waals surface area contributed by atoms with Crippen molar-refractivity contribution in [1.82, 2.24) is 19.6 Å². The van der Waals surface area contributed by atoms with Crippen LogP contribution in [0.2, 0.25) is 0 Å². The maximum absolute atomic E-state index is 15.1. The Morgan fingerprint density at radius 1 is 0.271 bits per heavy atom. The summed E-state index contributed by atoms with van der Waals surface area (Å²) in [5.74, 6) is 1.62. The summed E-state index contributed by atoms with van der Waals surface area (Å²) >= 11 is 0. The summed E-state index contributed by atoms with van der Waals surface area (Å²) in [5.41, 5.74) is 4.85. The van der Waals surface area contributed by atoms with Crippen LogP contribution in [0, 0.1) is 0 Å². The van der Waals surface area contributed by atoms with Gasteiger partial charge in [0.1, 0.15) is 23.0 Å². The molecule has 4 amide bonds. The van der Waals surface area contributed by atoms with Gasteiger partial charge < -0.3 is 38.5 Å². The highest BCUT2D eigenvalue weighted by atomic mass is 16.5. The average Bonchev–Trinajstić information content (AvgIpc) is 0.715. The van der Waals surface area contributed by atoms with Crippen molar-refractivity contribution in [2.45, 2.75) is 341 Å². The second-order valence-electron chi connectivity index (χ2n) is 36.2. The van der Waals surface area contributed by atoms with E-state index in [1.807, 2.05) is 130 Å². The molecule has 5 rings (SSSR count). The van der Waals surface area contributed by atoms with Crippen LogP contribution < -0.4 is 18.9 Å². The van der Waals surface area contributed by atoms with Gasteiger partial charge in [-0.25, -0.2) is 0 Å². The Labute approximate surface area is 584 Å². The third-order valence-corrected chi connectivity index (χ3v) is 20.2. The van der Waals surface area contributed by atoms with Gasteiger partial charge in [0.15, 0.2) is 26.4 Å². The number of amides is 4. The Kier molecular flexibility index (Phi) is 24.4. The van der Waals surface area contributed by atoms with Crippen molar-refractivity contribution in [3.05, 3.63) is 115 Å². The highest BCUT2D eigenvalue weighted by Crippen LogP contribution is 2.57. The van der Waals surface area contributed by atoms with Crippen molar-refractivity contribution in [2.24, 2.45) is 0 Å². The molecule has 12 nitrogen and oxygen atoms in total. The Morgan fingerprint density at radius 2 is 0.385 bits per heavy atom. The van der Waals surface area contributed by atoms with E-state index in [0.717, 1.165) is 66.8 Å². The molecule has 0 saturated carbocycles. The summed E-state index contributed by atoms with van der Waals surface area (Å²) in [6.07, 6.45) is 0. The molecule has 0 radical (unpaired) electrons. The van der Waals surface area contributed by atoms with Crippen molar-refractivity contribution < 1.29 is 38.1 Å². The molecule has 0 spiro atoms. The van der Waals surface area contributed by atoms with E-state index in [4.69, 9.17) is 18.9 Å². The zero-order valence-electron chi connectivity index (χ0n) is 67.1. The molecule has 0 atom stereocenters. The van der Waals surface area contributed by atoms with Crippen LogP contribution in [-0.4, -0.2) is 118 Å². The monoisotopic (exact) mass is 1330 g/mol. The van der Waals surface area contributed by atoms with Crippen LogP contribution in [0.4, 0.5) is 0 Å². The van der Waals surface area contributed by atoms with Gasteiger partial charge in [0.05, 0.1) is 0 Å². The van der Waals surface area contributed by atoms with E-state index in [1.165, 1.54) is 0 Å². The van der Waals surface area contributed by atoms with Gasteiger partial charge in [-0.15, -0.1) is 0 Å². The number of rotatable bonds is 20. The normalized spacial score (nSPS) is 15.5. The van der Waals surface area contributed by atoms with Crippen LogP contribution in [-0.2, 0) is 62.5 Å². The number of ether oxygens (including phenoxy) is 4. The van der Waals surface area contributed by atoms with Gasteiger partial charge >= 0.3 is 0 Å². The number of carbonyl (C=O) groups is 4. The zero-order valence-corrected chi connectivity index (χ0v) is 67.1. The van der Waals surface area contributed by atoms with Gasteiger partial charge in [-0.1, -0.05) is 187 Å². The van der Waals surface area contributed by atoms with E-state index in [1.54, 1.807) is 0 Å². The van der Waals surface area contributed by atoms with Gasteiger partial charge in [-0.05, 0) is 155 Å². The smallest absolute Gasteiger partial charge is 0.260 e. The molecule has 0 heterocycles. The minimum Gasteiger partial charge on any atom is -0.483 e. The minimum absolute atomic E-state index is 0.103. The molecule has 0 aromatic heterocycles. The van der Waals surface area contributed by atoms with E-state index in [9.17, 15) is 0 Å². The second-order valence-corrected chi connectivity index (χ2v) is 36.2. The zero-order chi connectivity index (χ0) is 73.8. The molecule has 4 aromatic rings. The van der Waals surface area contributed by atoms with E-state index >= 15 is 19.2 Å². The molecule has 0 fully saturated rings. The average molecular weight is 1330 g/mol. The number of fused-ring (bicyclic) bond motifs is 8. The first-order valence-corrected chi connectivity index (χ1v) is 36.0. The fourth-order valence-corrected chi connectivity index (χ4v) is 14.7. The maximum atomic E-state index is 15.1. The van der Waals surface area contributed by atoms with Gasteiger partial charge in [0.2, 0.25) is 0 Å². The van der Waals surface area contributed by atoms with Gasteiger partial charge in [0.25, 0.3) is 23.6 Å². The van der Waals surface area contributed by atoms with Crippen molar-refractivity contribution in [3.63, 3.8) is 0 Å². The maximum Gasteiger partial charge on any atom is 0.260 e. The van der Waals surface area contributed by atoms with Crippen LogP contribution in [0.25, 0.3) is 0 Å². The summed E-state index contributed by atoms with van der Waals surface area (Å²) in [6.45, 7) is 76.3. The molecule has 0 aliphatic heterocycles. The van der Waals surface area contributed by atoms with E-state index in [-0.39, 0.29) is 98.4 Å². The predicted molar refractivity (Wildman–Crippen MR) is 400 cm³/mol. The van der Waals surface area contributed by atoms with Crippen molar-refractivity contribution in [3.8, 4) is 23.0 Å². The molecule has 536 valence electrons. The van der Waals surface area contributed by atoms with Crippen LogP contribution in [0.5, 0.6) is 23.0 Å². The van der Waals surface area contributed by atoms with Crippen LogP contribution in [0.3, 0.4) is 0 Å². The fourth-order valence-electron chi connectivity index (χ4n) is 14.7. The molecule has 0 unspecified atom stereocenters. The Bertz CT molecular complexity index is 2860. The molecule has 0 N–H and O–H groups in total. The van der Waals surface area contributed by atoms with Crippen LogP contribution >= 0.6 is 0 Å².